The zero-order valence-corrected chi connectivity index (χ0v) is 14.9. The average molecular weight is 365 g/mol. The van der Waals surface area contributed by atoms with Crippen LogP contribution in [0.1, 0.15) is 30.0 Å². The Morgan fingerprint density at radius 3 is 2.67 bits per heavy atom. The molecular formula is C18H19N7O2. The number of hydrogen-bond acceptors (Lipinski definition) is 8. The van der Waals surface area contributed by atoms with Crippen molar-refractivity contribution >= 4 is 23.4 Å². The first kappa shape index (κ1) is 17.0. The second-order valence-corrected chi connectivity index (χ2v) is 6.88. The Balaban J connectivity index is 1.82. The van der Waals surface area contributed by atoms with E-state index in [4.69, 9.17) is 10.8 Å². The SMILES string of the molecule is CN(CC(=O)O)c1ncc(-c2c(C#N)c(N)nc3c2N2CCC3CC2)cn1. The number of hydrogen-bond donors (Lipinski definition) is 2. The number of rotatable bonds is 4. The number of anilines is 3. The van der Waals surface area contributed by atoms with Gasteiger partial charge in [-0.2, -0.15) is 5.26 Å². The number of carboxylic acid groups (broad SMARTS) is 1. The lowest BCUT2D eigenvalue weighted by atomic mass is 9.83. The molecule has 0 saturated carbocycles. The molecule has 0 atom stereocenters. The van der Waals surface area contributed by atoms with Crippen molar-refractivity contribution in [1.29, 1.82) is 5.26 Å². The van der Waals surface area contributed by atoms with Crippen LogP contribution >= 0.6 is 0 Å². The van der Waals surface area contributed by atoms with Gasteiger partial charge in [0.25, 0.3) is 0 Å². The zero-order valence-electron chi connectivity index (χ0n) is 14.9. The van der Waals surface area contributed by atoms with Gasteiger partial charge in [0.05, 0.1) is 11.4 Å². The number of nitriles is 1. The number of piperidine rings is 1. The molecule has 2 bridgehead atoms. The third-order valence-corrected chi connectivity index (χ3v) is 5.18. The van der Waals surface area contributed by atoms with Crippen LogP contribution < -0.4 is 15.5 Å². The van der Waals surface area contributed by atoms with Crippen molar-refractivity contribution < 1.29 is 9.90 Å². The predicted octanol–water partition coefficient (Wildman–Crippen LogP) is 1.21. The van der Waals surface area contributed by atoms with Gasteiger partial charge >= 0.3 is 5.97 Å². The highest BCUT2D eigenvalue weighted by atomic mass is 16.4. The molecule has 5 heterocycles. The highest BCUT2D eigenvalue weighted by Crippen LogP contribution is 2.48. The van der Waals surface area contributed by atoms with Crippen LogP contribution in [-0.2, 0) is 4.79 Å². The Labute approximate surface area is 156 Å². The highest BCUT2D eigenvalue weighted by Gasteiger charge is 2.36. The van der Waals surface area contributed by atoms with Gasteiger partial charge in [-0.05, 0) is 12.8 Å². The lowest BCUT2D eigenvalue weighted by Crippen LogP contribution is -2.40. The normalized spacial score (nSPS) is 15.3. The van der Waals surface area contributed by atoms with E-state index in [0.717, 1.165) is 42.9 Å². The van der Waals surface area contributed by atoms with Gasteiger partial charge in [0.15, 0.2) is 0 Å². The fourth-order valence-electron chi connectivity index (χ4n) is 3.91. The van der Waals surface area contributed by atoms with Gasteiger partial charge in [-0.1, -0.05) is 0 Å². The van der Waals surface area contributed by atoms with Crippen LogP contribution in [0.25, 0.3) is 11.1 Å². The number of likely N-dealkylation sites (N-methyl/N-ethyl adjacent to an activating group) is 1. The van der Waals surface area contributed by atoms with E-state index in [9.17, 15) is 10.1 Å². The van der Waals surface area contributed by atoms with Crippen LogP contribution in [0.3, 0.4) is 0 Å². The number of aromatic nitrogens is 3. The molecule has 2 aromatic heterocycles. The minimum atomic E-state index is -0.961. The molecule has 9 nitrogen and oxygen atoms in total. The molecule has 0 spiro atoms. The van der Waals surface area contributed by atoms with Crippen molar-refractivity contribution in [1.82, 2.24) is 15.0 Å². The average Bonchev–Trinajstić information content (AvgIpc) is 2.67. The lowest BCUT2D eigenvalue weighted by molar-refractivity contribution is -0.135. The molecule has 1 saturated heterocycles. The highest BCUT2D eigenvalue weighted by molar-refractivity contribution is 5.89. The molecule has 27 heavy (non-hydrogen) atoms. The fraction of sp³-hybridized carbons (Fsp3) is 0.389. The fourth-order valence-corrected chi connectivity index (χ4v) is 3.91. The number of fused-ring (bicyclic) bond motifs is 2. The molecule has 0 aromatic carbocycles. The molecule has 1 fully saturated rings. The first-order valence-electron chi connectivity index (χ1n) is 8.73. The molecule has 0 unspecified atom stereocenters. The molecule has 0 radical (unpaired) electrons. The standard InChI is InChI=1S/C18H19N7O2/c1-24(9-13(26)27)18-21-7-11(8-22-18)14-12(6-19)17(20)23-15-10-2-4-25(5-3-10)16(14)15/h7-8,10H,2-5,9H2,1H3,(H2,20,23)(H,26,27). The van der Waals surface area contributed by atoms with E-state index < -0.39 is 5.97 Å². The smallest absolute Gasteiger partial charge is 0.323 e. The van der Waals surface area contributed by atoms with Crippen LogP contribution in [0.5, 0.6) is 0 Å². The van der Waals surface area contributed by atoms with E-state index in [-0.39, 0.29) is 12.4 Å². The molecule has 2 aromatic rings. The summed E-state index contributed by atoms with van der Waals surface area (Å²) in [7, 11) is 1.61. The first-order valence-corrected chi connectivity index (χ1v) is 8.73. The summed E-state index contributed by atoms with van der Waals surface area (Å²) in [6, 6.07) is 2.18. The topological polar surface area (TPSA) is 132 Å². The van der Waals surface area contributed by atoms with E-state index >= 15 is 0 Å². The summed E-state index contributed by atoms with van der Waals surface area (Å²) in [5, 5.41) is 18.6. The quantitative estimate of drug-likeness (QED) is 0.820. The van der Waals surface area contributed by atoms with Gasteiger partial charge in [0.1, 0.15) is 24.0 Å². The first-order chi connectivity index (χ1) is 13.0. The van der Waals surface area contributed by atoms with Gasteiger partial charge in [0, 0.05) is 49.6 Å². The molecule has 0 aliphatic carbocycles. The van der Waals surface area contributed by atoms with Gasteiger partial charge < -0.3 is 20.6 Å². The molecule has 5 rings (SSSR count). The maximum absolute atomic E-state index is 10.9. The minimum absolute atomic E-state index is 0.199. The van der Waals surface area contributed by atoms with Crippen LogP contribution in [0, 0.1) is 11.3 Å². The Morgan fingerprint density at radius 2 is 2.07 bits per heavy atom. The molecular weight excluding hydrogens is 346 g/mol. The number of nitrogen functional groups attached to an aromatic ring is 1. The Hall–Kier alpha value is -3.41. The molecule has 9 heteroatoms. The summed E-state index contributed by atoms with van der Waals surface area (Å²) in [6.07, 6.45) is 5.31. The van der Waals surface area contributed by atoms with Crippen molar-refractivity contribution in [2.45, 2.75) is 18.8 Å². The summed E-state index contributed by atoms with van der Waals surface area (Å²) >= 11 is 0. The predicted molar refractivity (Wildman–Crippen MR) is 99.5 cm³/mol. The molecule has 3 aliphatic heterocycles. The Bertz CT molecular complexity index is 944. The van der Waals surface area contributed by atoms with E-state index in [0.29, 0.717) is 23.0 Å². The lowest BCUT2D eigenvalue weighted by Gasteiger charge is -2.42. The van der Waals surface area contributed by atoms with E-state index in [2.05, 4.69) is 25.9 Å². The number of aliphatic carboxylic acids is 1. The second-order valence-electron chi connectivity index (χ2n) is 6.88. The van der Waals surface area contributed by atoms with E-state index in [1.165, 1.54) is 4.90 Å². The van der Waals surface area contributed by atoms with Gasteiger partial charge in [-0.3, -0.25) is 4.79 Å². The second kappa shape index (κ2) is 6.39. The minimum Gasteiger partial charge on any atom is -0.480 e. The van der Waals surface area contributed by atoms with Crippen LogP contribution in [0.4, 0.5) is 17.5 Å². The van der Waals surface area contributed by atoms with Crippen molar-refractivity contribution in [3.05, 3.63) is 23.7 Å². The van der Waals surface area contributed by atoms with Crippen LogP contribution in [-0.4, -0.2) is 52.7 Å². The third kappa shape index (κ3) is 2.79. The summed E-state index contributed by atoms with van der Waals surface area (Å²) in [6.45, 7) is 1.67. The number of carbonyl (C=O) groups is 1. The van der Waals surface area contributed by atoms with Gasteiger partial charge in [-0.15, -0.1) is 0 Å². The largest absolute Gasteiger partial charge is 0.480 e. The molecule has 3 aliphatic rings. The summed E-state index contributed by atoms with van der Waals surface area (Å²) in [5.74, 6) is -0.0677. The summed E-state index contributed by atoms with van der Waals surface area (Å²) in [4.78, 5) is 27.7. The third-order valence-electron chi connectivity index (χ3n) is 5.18. The summed E-state index contributed by atoms with van der Waals surface area (Å²) < 4.78 is 0. The number of nitrogens with zero attached hydrogens (tertiary/aromatic N) is 6. The van der Waals surface area contributed by atoms with Crippen molar-refractivity contribution in [3.8, 4) is 17.2 Å². The molecule has 138 valence electrons. The van der Waals surface area contributed by atoms with Crippen molar-refractivity contribution in [3.63, 3.8) is 0 Å². The molecule has 3 N–H and O–H groups in total. The van der Waals surface area contributed by atoms with Crippen LogP contribution in [0.15, 0.2) is 12.4 Å². The maximum Gasteiger partial charge on any atom is 0.323 e. The van der Waals surface area contributed by atoms with Gasteiger partial charge in [0.2, 0.25) is 5.95 Å². The maximum atomic E-state index is 10.9. The number of nitrogens with two attached hydrogens (primary N) is 1. The number of pyridine rings is 1. The van der Waals surface area contributed by atoms with E-state index in [1.54, 1.807) is 19.4 Å². The van der Waals surface area contributed by atoms with Gasteiger partial charge in [-0.25, -0.2) is 15.0 Å². The Kier molecular flexibility index (Phi) is 4.03. The number of carboxylic acids is 1. The zero-order chi connectivity index (χ0) is 19.1. The van der Waals surface area contributed by atoms with Crippen molar-refractivity contribution in [2.24, 2.45) is 0 Å². The molecule has 0 amide bonds. The van der Waals surface area contributed by atoms with Crippen LogP contribution in [0.2, 0.25) is 0 Å². The van der Waals surface area contributed by atoms with Crippen molar-refractivity contribution in [2.75, 3.05) is 42.2 Å². The van der Waals surface area contributed by atoms with E-state index in [1.807, 2.05) is 0 Å². The monoisotopic (exact) mass is 365 g/mol. The Morgan fingerprint density at radius 1 is 1.41 bits per heavy atom. The summed E-state index contributed by atoms with van der Waals surface area (Å²) in [5.41, 5.74) is 9.73.